The lowest BCUT2D eigenvalue weighted by Gasteiger charge is -2.78. The van der Waals surface area contributed by atoms with Gasteiger partial charge in [-0.25, -0.2) is 0 Å². The summed E-state index contributed by atoms with van der Waals surface area (Å²) in [5, 5.41) is 0. The van der Waals surface area contributed by atoms with Crippen molar-refractivity contribution in [1.82, 2.24) is 9.80 Å². The number of nitrogens with zero attached hydrogens (tertiary/aromatic N) is 2. The summed E-state index contributed by atoms with van der Waals surface area (Å²) in [6.07, 6.45) is 2.64. The molecule has 26 heavy (non-hydrogen) atoms. The maximum absolute atomic E-state index is 2.71. The van der Waals surface area contributed by atoms with Crippen molar-refractivity contribution in [3.05, 3.63) is 71.8 Å². The molecule has 4 saturated heterocycles. The van der Waals surface area contributed by atoms with E-state index < -0.39 is 0 Å². The van der Waals surface area contributed by atoms with E-state index in [9.17, 15) is 0 Å². The molecule has 3 aliphatic carbocycles. The molecule has 6 atom stereocenters. The molecule has 6 bridgehead atoms. The minimum Gasteiger partial charge on any atom is -0.302 e. The van der Waals surface area contributed by atoms with Gasteiger partial charge in [0.25, 0.3) is 0 Å². The molecule has 0 aromatic heterocycles. The molecule has 0 N–H and O–H groups in total. The van der Waals surface area contributed by atoms with Gasteiger partial charge in [0, 0.05) is 36.0 Å². The van der Waals surface area contributed by atoms with E-state index >= 15 is 0 Å². The number of rotatable bonds is 2. The normalized spacial score (nSPS) is 43.9. The summed E-state index contributed by atoms with van der Waals surface area (Å²) in [6, 6.07) is 24.4. The smallest absolute Gasteiger partial charge is 0.0202 e. The molecule has 2 heteroatoms. The average Bonchev–Trinajstić information content (AvgIpc) is 2.70. The molecule has 4 aliphatic heterocycles. The Labute approximate surface area is 156 Å². The average molecular weight is 345 g/mol. The second kappa shape index (κ2) is 4.99. The van der Waals surface area contributed by atoms with Crippen molar-refractivity contribution >= 4 is 0 Å². The first-order valence-electron chi connectivity index (χ1n) is 10.2. The first-order valence-corrected chi connectivity index (χ1v) is 10.2. The lowest BCUT2D eigenvalue weighted by molar-refractivity contribution is -0.225. The number of hydrogen-bond donors (Lipinski definition) is 0. The van der Waals surface area contributed by atoms with Crippen LogP contribution in [0.4, 0.5) is 0 Å². The minimum absolute atomic E-state index is 0.354. The fourth-order valence-electron chi connectivity index (χ4n) is 7.89. The summed E-state index contributed by atoms with van der Waals surface area (Å²) >= 11 is 0. The lowest BCUT2D eigenvalue weighted by Crippen LogP contribution is -2.85. The minimum atomic E-state index is 0.354. The van der Waals surface area contributed by atoms with E-state index in [1.807, 2.05) is 0 Å². The number of benzene rings is 2. The molecular formula is C24H28N2. The zero-order chi connectivity index (χ0) is 17.5. The van der Waals surface area contributed by atoms with Crippen LogP contribution in [0.2, 0.25) is 0 Å². The van der Waals surface area contributed by atoms with Crippen molar-refractivity contribution in [3.63, 3.8) is 0 Å². The molecule has 7 aliphatic rings. The summed E-state index contributed by atoms with van der Waals surface area (Å²) in [4.78, 5) is 5.41. The van der Waals surface area contributed by atoms with E-state index in [2.05, 4.69) is 84.6 Å². The Bertz CT molecular complexity index is 762. The van der Waals surface area contributed by atoms with Gasteiger partial charge in [-0.3, -0.25) is 0 Å². The maximum atomic E-state index is 2.71. The van der Waals surface area contributed by atoms with Gasteiger partial charge in [-0.05, 0) is 49.9 Å². The zero-order valence-electron chi connectivity index (χ0n) is 15.8. The fraction of sp³-hybridized carbons (Fsp3) is 0.500. The third-order valence-electron chi connectivity index (χ3n) is 8.72. The molecule has 0 radical (unpaired) electrons. The Morgan fingerprint density at radius 3 is 1.42 bits per heavy atom. The third-order valence-corrected chi connectivity index (χ3v) is 8.72. The van der Waals surface area contributed by atoms with Crippen molar-refractivity contribution in [2.24, 2.45) is 11.8 Å². The molecule has 0 amide bonds. The third kappa shape index (κ3) is 1.58. The van der Waals surface area contributed by atoms with E-state index in [-0.39, 0.29) is 0 Å². The molecule has 4 heterocycles. The second-order valence-electron chi connectivity index (χ2n) is 9.34. The summed E-state index contributed by atoms with van der Waals surface area (Å²) in [5.74, 6) is 1.55. The van der Waals surface area contributed by atoms with Gasteiger partial charge in [0.1, 0.15) is 0 Å². The fourth-order valence-corrected chi connectivity index (χ4v) is 7.89. The largest absolute Gasteiger partial charge is 0.302 e. The topological polar surface area (TPSA) is 6.48 Å². The number of piperidine rings is 4. The number of hydrogen-bond acceptors (Lipinski definition) is 2. The Hall–Kier alpha value is -1.64. The highest BCUT2D eigenvalue weighted by molar-refractivity contribution is 5.46. The molecule has 2 aromatic carbocycles. The summed E-state index contributed by atoms with van der Waals surface area (Å²) in [5.41, 5.74) is 3.91. The van der Waals surface area contributed by atoms with Crippen LogP contribution >= 0.6 is 0 Å². The zero-order valence-corrected chi connectivity index (χ0v) is 15.8. The van der Waals surface area contributed by atoms with Crippen LogP contribution in [0.5, 0.6) is 0 Å². The standard InChI is InChI=1S/C24H28N2/c1-25-15-19-20-16-26(2)22-14-23(20,17-9-5-3-6-10-17)21(25)13-24(19,22)18-11-7-4-8-12-18/h3-12,19-22H,13-16H2,1-2H3. The van der Waals surface area contributed by atoms with Gasteiger partial charge in [-0.15, -0.1) is 0 Å². The van der Waals surface area contributed by atoms with Crippen LogP contribution in [0.1, 0.15) is 24.0 Å². The van der Waals surface area contributed by atoms with Crippen LogP contribution in [0.3, 0.4) is 0 Å². The van der Waals surface area contributed by atoms with Crippen LogP contribution in [0, 0.1) is 11.8 Å². The molecule has 9 rings (SSSR count). The highest BCUT2D eigenvalue weighted by Gasteiger charge is 2.75. The number of likely N-dealkylation sites (N-methyl/N-ethyl adjacent to an activating group) is 2. The first-order chi connectivity index (χ1) is 12.7. The molecule has 134 valence electrons. The maximum Gasteiger partial charge on any atom is 0.0202 e. The van der Waals surface area contributed by atoms with Gasteiger partial charge in [-0.1, -0.05) is 60.7 Å². The first kappa shape index (κ1) is 15.4. The molecule has 2 aromatic rings. The molecular weight excluding hydrogens is 316 g/mol. The second-order valence-corrected chi connectivity index (χ2v) is 9.34. The van der Waals surface area contributed by atoms with Crippen LogP contribution in [-0.2, 0) is 10.8 Å². The van der Waals surface area contributed by atoms with Gasteiger partial charge in [0.15, 0.2) is 0 Å². The lowest BCUT2D eigenvalue weighted by atomic mass is 9.34. The summed E-state index contributed by atoms with van der Waals surface area (Å²) in [7, 11) is 4.76. The van der Waals surface area contributed by atoms with Crippen molar-refractivity contribution in [2.75, 3.05) is 27.2 Å². The highest BCUT2D eigenvalue weighted by Crippen LogP contribution is 2.70. The summed E-state index contributed by atoms with van der Waals surface area (Å²) < 4.78 is 0. The van der Waals surface area contributed by atoms with Gasteiger partial charge in [-0.2, -0.15) is 0 Å². The van der Waals surface area contributed by atoms with E-state index in [0.29, 0.717) is 22.9 Å². The van der Waals surface area contributed by atoms with E-state index in [4.69, 9.17) is 0 Å². The highest BCUT2D eigenvalue weighted by atomic mass is 15.3. The molecule has 7 fully saturated rings. The van der Waals surface area contributed by atoms with Crippen molar-refractivity contribution < 1.29 is 0 Å². The van der Waals surface area contributed by atoms with E-state index in [1.165, 1.54) is 25.9 Å². The molecule has 2 nitrogen and oxygen atoms in total. The molecule has 3 saturated carbocycles. The molecule has 6 unspecified atom stereocenters. The Morgan fingerprint density at radius 1 is 0.654 bits per heavy atom. The van der Waals surface area contributed by atoms with Gasteiger partial charge in [0.2, 0.25) is 0 Å². The summed E-state index contributed by atoms with van der Waals surface area (Å²) in [6.45, 7) is 2.53. The van der Waals surface area contributed by atoms with Crippen LogP contribution in [0.15, 0.2) is 60.7 Å². The van der Waals surface area contributed by atoms with Crippen molar-refractivity contribution in [3.8, 4) is 0 Å². The SMILES string of the molecule is CN1CC2C3CN(C)C4CC3(c3ccccc3)C1CC24c1ccccc1. The van der Waals surface area contributed by atoms with E-state index in [0.717, 1.165) is 11.8 Å². The van der Waals surface area contributed by atoms with Crippen molar-refractivity contribution in [1.29, 1.82) is 0 Å². The van der Waals surface area contributed by atoms with Gasteiger partial charge in [0.05, 0.1) is 0 Å². The Morgan fingerprint density at radius 2 is 1.04 bits per heavy atom. The Kier molecular flexibility index (Phi) is 2.96. The predicted molar refractivity (Wildman–Crippen MR) is 105 cm³/mol. The predicted octanol–water partition coefficient (Wildman–Crippen LogP) is 3.53. The van der Waals surface area contributed by atoms with Crippen molar-refractivity contribution in [2.45, 2.75) is 35.8 Å². The van der Waals surface area contributed by atoms with Crippen LogP contribution < -0.4 is 0 Å². The number of fused-ring (bicyclic) bond motifs is 2. The van der Waals surface area contributed by atoms with Crippen LogP contribution in [0.25, 0.3) is 0 Å². The Balaban J connectivity index is 1.58. The molecule has 0 spiro atoms. The monoisotopic (exact) mass is 344 g/mol. The quantitative estimate of drug-likeness (QED) is 0.822. The van der Waals surface area contributed by atoms with E-state index in [1.54, 1.807) is 11.1 Å². The van der Waals surface area contributed by atoms with Crippen LogP contribution in [-0.4, -0.2) is 49.1 Å². The van der Waals surface area contributed by atoms with Gasteiger partial charge >= 0.3 is 0 Å². The van der Waals surface area contributed by atoms with Gasteiger partial charge < -0.3 is 9.80 Å².